The summed E-state index contributed by atoms with van der Waals surface area (Å²) in [5.41, 5.74) is 9.79. The lowest BCUT2D eigenvalue weighted by atomic mass is 10.1. The number of aryl methyl sites for hydroxylation is 1. The molecule has 2 heterocycles. The zero-order valence-corrected chi connectivity index (χ0v) is 13.2. The Morgan fingerprint density at radius 3 is 2.48 bits per heavy atom. The fourth-order valence-electron chi connectivity index (χ4n) is 1.98. The molecule has 0 aliphatic heterocycles. The van der Waals surface area contributed by atoms with Crippen LogP contribution in [-0.2, 0) is 6.54 Å². The van der Waals surface area contributed by atoms with Crippen molar-refractivity contribution in [1.82, 2.24) is 9.97 Å². The predicted molar refractivity (Wildman–Crippen MR) is 90.7 cm³/mol. The summed E-state index contributed by atoms with van der Waals surface area (Å²) in [7, 11) is 0. The van der Waals surface area contributed by atoms with E-state index in [0.717, 1.165) is 27.7 Å². The van der Waals surface area contributed by atoms with E-state index in [1.807, 2.05) is 29.6 Å². The van der Waals surface area contributed by atoms with E-state index >= 15 is 0 Å². The SMILES string of the molecule is Cc1ccc(-c2nc(CN)cc(-c3cccs3)n2)cc1.Cl. The molecule has 0 atom stereocenters. The van der Waals surface area contributed by atoms with E-state index in [-0.39, 0.29) is 12.4 Å². The van der Waals surface area contributed by atoms with Gasteiger partial charge in [-0.15, -0.1) is 23.7 Å². The number of thiophene rings is 1. The molecule has 108 valence electrons. The second-order valence-corrected chi connectivity index (χ2v) is 5.56. The Morgan fingerprint density at radius 2 is 1.86 bits per heavy atom. The minimum atomic E-state index is 0. The standard InChI is InChI=1S/C16H15N3S.ClH/c1-11-4-6-12(7-5-11)16-18-13(10-17)9-14(19-16)15-3-2-8-20-15;/h2-9H,10,17H2,1H3;1H. The van der Waals surface area contributed by atoms with Crippen molar-refractivity contribution < 1.29 is 0 Å². The van der Waals surface area contributed by atoms with E-state index in [4.69, 9.17) is 5.73 Å². The smallest absolute Gasteiger partial charge is 0.160 e. The summed E-state index contributed by atoms with van der Waals surface area (Å²) >= 11 is 1.67. The number of rotatable bonds is 3. The van der Waals surface area contributed by atoms with E-state index in [1.165, 1.54) is 5.56 Å². The first-order valence-electron chi connectivity index (χ1n) is 6.45. The molecule has 0 aliphatic carbocycles. The minimum Gasteiger partial charge on any atom is -0.325 e. The third kappa shape index (κ3) is 3.47. The summed E-state index contributed by atoms with van der Waals surface area (Å²) in [5, 5.41) is 2.05. The predicted octanol–water partition coefficient (Wildman–Crippen LogP) is 4.06. The fraction of sp³-hybridized carbons (Fsp3) is 0.125. The zero-order valence-electron chi connectivity index (χ0n) is 11.6. The maximum Gasteiger partial charge on any atom is 0.160 e. The van der Waals surface area contributed by atoms with Crippen LogP contribution in [0.4, 0.5) is 0 Å². The van der Waals surface area contributed by atoms with Gasteiger partial charge in [0.05, 0.1) is 16.3 Å². The minimum absolute atomic E-state index is 0. The summed E-state index contributed by atoms with van der Waals surface area (Å²) in [6, 6.07) is 14.3. The molecule has 0 radical (unpaired) electrons. The van der Waals surface area contributed by atoms with Gasteiger partial charge in [0.25, 0.3) is 0 Å². The molecule has 0 unspecified atom stereocenters. The molecule has 0 aliphatic rings. The van der Waals surface area contributed by atoms with Crippen LogP contribution in [0.25, 0.3) is 22.0 Å². The molecule has 21 heavy (non-hydrogen) atoms. The van der Waals surface area contributed by atoms with Crippen molar-refractivity contribution in [2.45, 2.75) is 13.5 Å². The van der Waals surface area contributed by atoms with E-state index in [9.17, 15) is 0 Å². The lowest BCUT2D eigenvalue weighted by molar-refractivity contribution is 0.972. The summed E-state index contributed by atoms with van der Waals surface area (Å²) < 4.78 is 0. The molecule has 0 saturated carbocycles. The molecular weight excluding hydrogens is 302 g/mol. The van der Waals surface area contributed by atoms with Crippen LogP contribution in [0.1, 0.15) is 11.3 Å². The van der Waals surface area contributed by atoms with Crippen LogP contribution in [0, 0.1) is 6.92 Å². The van der Waals surface area contributed by atoms with Crippen LogP contribution >= 0.6 is 23.7 Å². The Kier molecular flexibility index (Phi) is 5.07. The molecule has 0 fully saturated rings. The van der Waals surface area contributed by atoms with Crippen molar-refractivity contribution in [3.8, 4) is 22.0 Å². The Labute approximate surface area is 134 Å². The van der Waals surface area contributed by atoms with Gasteiger partial charge in [-0.25, -0.2) is 9.97 Å². The van der Waals surface area contributed by atoms with Crippen LogP contribution in [-0.4, -0.2) is 9.97 Å². The van der Waals surface area contributed by atoms with Gasteiger partial charge in [-0.2, -0.15) is 0 Å². The molecule has 0 bridgehead atoms. The maximum absolute atomic E-state index is 5.76. The highest BCUT2D eigenvalue weighted by molar-refractivity contribution is 7.13. The third-order valence-electron chi connectivity index (χ3n) is 3.07. The molecule has 2 N–H and O–H groups in total. The number of aromatic nitrogens is 2. The number of nitrogens with two attached hydrogens (primary N) is 1. The van der Waals surface area contributed by atoms with Gasteiger partial charge in [-0.05, 0) is 24.4 Å². The second-order valence-electron chi connectivity index (χ2n) is 4.62. The van der Waals surface area contributed by atoms with Crippen LogP contribution in [0.15, 0.2) is 47.8 Å². The van der Waals surface area contributed by atoms with Gasteiger partial charge in [-0.1, -0.05) is 35.9 Å². The zero-order chi connectivity index (χ0) is 13.9. The van der Waals surface area contributed by atoms with Crippen molar-refractivity contribution >= 4 is 23.7 Å². The number of halogens is 1. The molecule has 1 aromatic carbocycles. The van der Waals surface area contributed by atoms with Gasteiger partial charge in [0.2, 0.25) is 0 Å². The van der Waals surface area contributed by atoms with Crippen molar-refractivity contribution in [3.63, 3.8) is 0 Å². The molecule has 5 heteroatoms. The molecule has 0 saturated heterocycles. The van der Waals surface area contributed by atoms with Gasteiger partial charge in [0.15, 0.2) is 5.82 Å². The second kappa shape index (κ2) is 6.80. The highest BCUT2D eigenvalue weighted by Gasteiger charge is 2.08. The maximum atomic E-state index is 5.76. The van der Waals surface area contributed by atoms with E-state index < -0.39 is 0 Å². The molecule has 3 rings (SSSR count). The van der Waals surface area contributed by atoms with Gasteiger partial charge < -0.3 is 5.73 Å². The van der Waals surface area contributed by atoms with Crippen molar-refractivity contribution in [3.05, 3.63) is 59.1 Å². The Bertz CT molecular complexity index is 709. The van der Waals surface area contributed by atoms with E-state index in [2.05, 4.69) is 35.1 Å². The van der Waals surface area contributed by atoms with Crippen molar-refractivity contribution in [2.75, 3.05) is 0 Å². The van der Waals surface area contributed by atoms with Crippen molar-refractivity contribution in [1.29, 1.82) is 0 Å². The summed E-state index contributed by atoms with van der Waals surface area (Å²) in [6.45, 7) is 2.48. The molecule has 2 aromatic heterocycles. The highest BCUT2D eigenvalue weighted by Crippen LogP contribution is 2.26. The van der Waals surface area contributed by atoms with Crippen LogP contribution in [0.3, 0.4) is 0 Å². The van der Waals surface area contributed by atoms with Crippen molar-refractivity contribution in [2.24, 2.45) is 5.73 Å². The monoisotopic (exact) mass is 317 g/mol. The largest absolute Gasteiger partial charge is 0.325 e. The summed E-state index contributed by atoms with van der Waals surface area (Å²) in [6.07, 6.45) is 0. The average Bonchev–Trinajstić information content (AvgIpc) is 3.02. The molecule has 3 nitrogen and oxygen atoms in total. The lowest BCUT2D eigenvalue weighted by Gasteiger charge is -2.06. The van der Waals surface area contributed by atoms with Crippen LogP contribution < -0.4 is 5.73 Å². The Morgan fingerprint density at radius 1 is 1.10 bits per heavy atom. The number of benzene rings is 1. The van der Waals surface area contributed by atoms with Gasteiger partial charge >= 0.3 is 0 Å². The van der Waals surface area contributed by atoms with Gasteiger partial charge in [0, 0.05) is 12.1 Å². The summed E-state index contributed by atoms with van der Waals surface area (Å²) in [5.74, 6) is 0.733. The fourth-order valence-corrected chi connectivity index (χ4v) is 2.67. The molecule has 3 aromatic rings. The molecular formula is C16H16ClN3S. The first-order chi connectivity index (χ1) is 9.76. The summed E-state index contributed by atoms with van der Waals surface area (Å²) in [4.78, 5) is 10.3. The molecule has 0 amide bonds. The highest BCUT2D eigenvalue weighted by atomic mass is 35.5. The number of nitrogens with zero attached hydrogens (tertiary/aromatic N) is 2. The number of hydrogen-bond donors (Lipinski definition) is 1. The van der Waals surface area contributed by atoms with Crippen LogP contribution in [0.2, 0.25) is 0 Å². The topological polar surface area (TPSA) is 51.8 Å². The Hall–Kier alpha value is -1.75. The third-order valence-corrected chi connectivity index (χ3v) is 3.96. The van der Waals surface area contributed by atoms with Gasteiger partial charge in [0.1, 0.15) is 0 Å². The first kappa shape index (κ1) is 15.6. The number of hydrogen-bond acceptors (Lipinski definition) is 4. The van der Waals surface area contributed by atoms with Crippen LogP contribution in [0.5, 0.6) is 0 Å². The molecule has 0 spiro atoms. The normalized spacial score (nSPS) is 10.2. The Balaban J connectivity index is 0.00000161. The van der Waals surface area contributed by atoms with Gasteiger partial charge in [-0.3, -0.25) is 0 Å². The lowest BCUT2D eigenvalue weighted by Crippen LogP contribution is -2.03. The van der Waals surface area contributed by atoms with E-state index in [1.54, 1.807) is 11.3 Å². The first-order valence-corrected chi connectivity index (χ1v) is 7.33. The average molecular weight is 318 g/mol. The van der Waals surface area contributed by atoms with E-state index in [0.29, 0.717) is 6.54 Å². The quantitative estimate of drug-likeness (QED) is 0.792.